The second kappa shape index (κ2) is 9.79. The molecule has 1 N–H and O–H groups in total. The molecule has 3 aromatic rings. The summed E-state index contributed by atoms with van der Waals surface area (Å²) in [6.45, 7) is 11.6. The summed E-state index contributed by atoms with van der Waals surface area (Å²) in [4.78, 5) is 13.2. The summed E-state index contributed by atoms with van der Waals surface area (Å²) >= 11 is 0. The number of hydrogen-bond donors (Lipinski definition) is 1. The van der Waals surface area contributed by atoms with Crippen LogP contribution in [0.2, 0.25) is 0 Å². The molecule has 0 aliphatic carbocycles. The van der Waals surface area contributed by atoms with Crippen LogP contribution >= 0.6 is 0 Å². The van der Waals surface area contributed by atoms with E-state index in [1.807, 2.05) is 46.8 Å². The van der Waals surface area contributed by atoms with Crippen LogP contribution in [0.15, 0.2) is 65.6 Å². The van der Waals surface area contributed by atoms with Crippen molar-refractivity contribution in [1.29, 1.82) is 0 Å². The van der Waals surface area contributed by atoms with Gasteiger partial charge in [-0.2, -0.15) is 0 Å². The smallest absolute Gasteiger partial charge is 0.264 e. The Kier molecular flexibility index (Phi) is 7.28. The number of carbonyl (C=O) groups is 1. The van der Waals surface area contributed by atoms with E-state index in [4.69, 9.17) is 0 Å². The Bertz CT molecular complexity index is 1250. The average molecular weight is 465 g/mol. The molecule has 0 aliphatic rings. The van der Waals surface area contributed by atoms with Gasteiger partial charge in [0.05, 0.1) is 16.6 Å². The zero-order valence-electron chi connectivity index (χ0n) is 20.1. The predicted molar refractivity (Wildman–Crippen MR) is 134 cm³/mol. The van der Waals surface area contributed by atoms with Gasteiger partial charge >= 0.3 is 0 Å². The van der Waals surface area contributed by atoms with Crippen molar-refractivity contribution in [2.75, 3.05) is 10.8 Å². The van der Waals surface area contributed by atoms with Crippen molar-refractivity contribution >= 4 is 21.6 Å². The number of sulfonamides is 1. The maximum absolute atomic E-state index is 13.5. The van der Waals surface area contributed by atoms with Crippen molar-refractivity contribution in [3.63, 3.8) is 0 Å². The highest BCUT2D eigenvalue weighted by Crippen LogP contribution is 2.25. The van der Waals surface area contributed by atoms with Crippen LogP contribution in [-0.4, -0.2) is 20.9 Å². The standard InChI is InChI=1S/C27H32N2O3S/c1-18-7-11-24(12-8-18)29(33(31,32)25-13-9-19(2)10-14-25)17-27(30)28-23(6)26-16-21(4)20(3)15-22(26)5/h7-16,23H,17H2,1-6H3,(H,28,30). The average Bonchev–Trinajstić information content (AvgIpc) is 2.75. The SMILES string of the molecule is Cc1ccc(N(CC(=O)NC(C)c2cc(C)c(C)cc2C)S(=O)(=O)c2ccc(C)cc2)cc1. The molecule has 0 saturated heterocycles. The van der Waals surface area contributed by atoms with E-state index < -0.39 is 10.0 Å². The van der Waals surface area contributed by atoms with Crippen LogP contribution in [0.5, 0.6) is 0 Å². The van der Waals surface area contributed by atoms with Gasteiger partial charge in [0.1, 0.15) is 6.54 Å². The molecule has 0 fully saturated rings. The minimum absolute atomic E-state index is 0.152. The van der Waals surface area contributed by atoms with Crippen LogP contribution in [0.3, 0.4) is 0 Å². The van der Waals surface area contributed by atoms with Gasteiger partial charge < -0.3 is 5.32 Å². The van der Waals surface area contributed by atoms with Crippen LogP contribution in [-0.2, 0) is 14.8 Å². The molecule has 1 amide bonds. The Morgan fingerprint density at radius 1 is 0.818 bits per heavy atom. The summed E-state index contributed by atoms with van der Waals surface area (Å²) in [5.41, 5.74) is 6.89. The third-order valence-electron chi connectivity index (χ3n) is 5.94. The van der Waals surface area contributed by atoms with Gasteiger partial charge in [-0.05, 0) is 88.1 Å². The number of nitrogens with one attached hydrogen (secondary N) is 1. The molecule has 6 heteroatoms. The fourth-order valence-electron chi connectivity index (χ4n) is 3.81. The molecule has 0 spiro atoms. The summed E-state index contributed by atoms with van der Waals surface area (Å²) in [6.07, 6.45) is 0. The highest BCUT2D eigenvalue weighted by atomic mass is 32.2. The Balaban J connectivity index is 1.90. The first-order valence-corrected chi connectivity index (χ1v) is 12.5. The molecule has 3 rings (SSSR count). The molecule has 5 nitrogen and oxygen atoms in total. The summed E-state index contributed by atoms with van der Waals surface area (Å²) in [7, 11) is -3.93. The second-order valence-corrected chi connectivity index (χ2v) is 10.6. The van der Waals surface area contributed by atoms with Crippen LogP contribution in [0.25, 0.3) is 0 Å². The molecular weight excluding hydrogens is 432 g/mol. The fraction of sp³-hybridized carbons (Fsp3) is 0.296. The van der Waals surface area contributed by atoms with E-state index in [2.05, 4.69) is 24.4 Å². The Morgan fingerprint density at radius 3 is 1.91 bits per heavy atom. The zero-order chi connectivity index (χ0) is 24.3. The van der Waals surface area contributed by atoms with E-state index in [1.54, 1.807) is 36.4 Å². The van der Waals surface area contributed by atoms with Crippen molar-refractivity contribution in [3.05, 3.63) is 94.0 Å². The largest absolute Gasteiger partial charge is 0.348 e. The first kappa shape index (κ1) is 24.5. The molecule has 0 aromatic heterocycles. The summed E-state index contributed by atoms with van der Waals surface area (Å²) in [5.74, 6) is -0.364. The van der Waals surface area contributed by atoms with Crippen LogP contribution in [0.1, 0.15) is 46.3 Å². The van der Waals surface area contributed by atoms with Gasteiger partial charge in [-0.3, -0.25) is 9.10 Å². The summed E-state index contributed by atoms with van der Waals surface area (Å²) in [6, 6.07) is 17.7. The molecular formula is C27H32N2O3S. The topological polar surface area (TPSA) is 66.5 Å². The molecule has 0 heterocycles. The van der Waals surface area contributed by atoms with E-state index in [0.717, 1.165) is 27.8 Å². The number of hydrogen-bond acceptors (Lipinski definition) is 3. The molecule has 1 atom stereocenters. The number of aryl methyl sites for hydroxylation is 5. The third kappa shape index (κ3) is 5.63. The van der Waals surface area contributed by atoms with Crippen molar-refractivity contribution in [2.45, 2.75) is 52.5 Å². The summed E-state index contributed by atoms with van der Waals surface area (Å²) < 4.78 is 28.2. The maximum Gasteiger partial charge on any atom is 0.264 e. The van der Waals surface area contributed by atoms with Gasteiger partial charge in [0.25, 0.3) is 10.0 Å². The van der Waals surface area contributed by atoms with Gasteiger partial charge in [-0.1, -0.05) is 47.5 Å². The molecule has 1 unspecified atom stereocenters. The lowest BCUT2D eigenvalue weighted by molar-refractivity contribution is -0.120. The van der Waals surface area contributed by atoms with Gasteiger partial charge in [0, 0.05) is 0 Å². The van der Waals surface area contributed by atoms with E-state index in [0.29, 0.717) is 5.69 Å². The number of nitrogens with zero attached hydrogens (tertiary/aromatic N) is 1. The lowest BCUT2D eigenvalue weighted by atomic mass is 9.96. The van der Waals surface area contributed by atoms with Gasteiger partial charge in [0.15, 0.2) is 0 Å². The normalized spacial score (nSPS) is 12.3. The highest BCUT2D eigenvalue weighted by Gasteiger charge is 2.28. The molecule has 174 valence electrons. The first-order chi connectivity index (χ1) is 15.5. The number of amides is 1. The first-order valence-electron chi connectivity index (χ1n) is 11.0. The van der Waals surface area contributed by atoms with Crippen molar-refractivity contribution in [3.8, 4) is 0 Å². The van der Waals surface area contributed by atoms with Crippen LogP contribution in [0.4, 0.5) is 5.69 Å². The Labute approximate surface area is 197 Å². The van der Waals surface area contributed by atoms with Crippen molar-refractivity contribution < 1.29 is 13.2 Å². The second-order valence-electron chi connectivity index (χ2n) is 8.74. The third-order valence-corrected chi connectivity index (χ3v) is 7.73. The lowest BCUT2D eigenvalue weighted by Gasteiger charge is -2.26. The number of anilines is 1. The maximum atomic E-state index is 13.5. The van der Waals surface area contributed by atoms with E-state index in [9.17, 15) is 13.2 Å². The Hall–Kier alpha value is -3.12. The molecule has 3 aromatic carbocycles. The van der Waals surface area contributed by atoms with E-state index in [1.165, 1.54) is 9.87 Å². The fourth-order valence-corrected chi connectivity index (χ4v) is 5.23. The van der Waals surface area contributed by atoms with Crippen molar-refractivity contribution in [2.24, 2.45) is 0 Å². The molecule has 0 bridgehead atoms. The molecule has 0 radical (unpaired) electrons. The van der Waals surface area contributed by atoms with Crippen molar-refractivity contribution in [1.82, 2.24) is 5.32 Å². The van der Waals surface area contributed by atoms with Gasteiger partial charge in [-0.25, -0.2) is 8.42 Å². The van der Waals surface area contributed by atoms with E-state index >= 15 is 0 Å². The minimum Gasteiger partial charge on any atom is -0.348 e. The molecule has 33 heavy (non-hydrogen) atoms. The van der Waals surface area contributed by atoms with Gasteiger partial charge in [-0.15, -0.1) is 0 Å². The molecule has 0 aliphatic heterocycles. The number of carbonyl (C=O) groups excluding carboxylic acids is 1. The number of rotatable bonds is 7. The zero-order valence-corrected chi connectivity index (χ0v) is 21.0. The quantitative estimate of drug-likeness (QED) is 0.516. The predicted octanol–water partition coefficient (Wildman–Crippen LogP) is 5.30. The highest BCUT2D eigenvalue weighted by molar-refractivity contribution is 7.92. The molecule has 0 saturated carbocycles. The monoisotopic (exact) mass is 464 g/mol. The lowest BCUT2D eigenvalue weighted by Crippen LogP contribution is -2.41. The summed E-state index contributed by atoms with van der Waals surface area (Å²) in [5, 5.41) is 2.98. The van der Waals surface area contributed by atoms with Crippen LogP contribution < -0.4 is 9.62 Å². The van der Waals surface area contributed by atoms with E-state index in [-0.39, 0.29) is 23.4 Å². The number of benzene rings is 3. The Morgan fingerprint density at radius 2 is 1.33 bits per heavy atom. The minimum atomic E-state index is -3.93. The van der Waals surface area contributed by atoms with Gasteiger partial charge in [0.2, 0.25) is 5.91 Å². The van der Waals surface area contributed by atoms with Crippen LogP contribution in [0, 0.1) is 34.6 Å².